The van der Waals surface area contributed by atoms with E-state index in [1.165, 1.54) is 11.1 Å². The molecule has 3 nitrogen and oxygen atoms in total. The van der Waals surface area contributed by atoms with Crippen LogP contribution < -0.4 is 10.6 Å². The zero-order valence-electron chi connectivity index (χ0n) is 13.4. The Morgan fingerprint density at radius 2 is 1.09 bits per heavy atom. The molecular weight excluding hydrogens is 272 g/mol. The van der Waals surface area contributed by atoms with E-state index in [0.29, 0.717) is 13.1 Å². The third-order valence-electron chi connectivity index (χ3n) is 3.92. The number of hydrogen-bond donors (Lipinski definition) is 3. The van der Waals surface area contributed by atoms with E-state index in [4.69, 9.17) is 0 Å². The van der Waals surface area contributed by atoms with Gasteiger partial charge in [0.05, 0.1) is 6.10 Å². The summed E-state index contributed by atoms with van der Waals surface area (Å²) in [5.74, 6) is 0. The van der Waals surface area contributed by atoms with Gasteiger partial charge in [0.2, 0.25) is 0 Å². The molecule has 0 aliphatic rings. The van der Waals surface area contributed by atoms with Crippen molar-refractivity contribution in [1.82, 2.24) is 10.6 Å². The van der Waals surface area contributed by atoms with E-state index in [2.05, 4.69) is 48.7 Å². The van der Waals surface area contributed by atoms with Crippen molar-refractivity contribution in [3.8, 4) is 0 Å². The number of aliphatic hydroxyl groups excluding tert-OH is 1. The first-order valence-electron chi connectivity index (χ1n) is 7.91. The van der Waals surface area contributed by atoms with E-state index in [0.717, 1.165) is 0 Å². The Kier molecular flexibility index (Phi) is 6.59. The zero-order valence-corrected chi connectivity index (χ0v) is 13.4. The molecule has 2 aromatic carbocycles. The quantitative estimate of drug-likeness (QED) is 0.702. The summed E-state index contributed by atoms with van der Waals surface area (Å²) in [6.45, 7) is 5.37. The van der Waals surface area contributed by atoms with Crippen molar-refractivity contribution in [2.75, 3.05) is 13.1 Å². The van der Waals surface area contributed by atoms with Crippen molar-refractivity contribution in [3.05, 3.63) is 71.8 Å². The first kappa shape index (κ1) is 16.7. The topological polar surface area (TPSA) is 44.3 Å². The molecule has 0 bridgehead atoms. The first-order valence-corrected chi connectivity index (χ1v) is 7.91. The second kappa shape index (κ2) is 8.69. The molecule has 2 unspecified atom stereocenters. The summed E-state index contributed by atoms with van der Waals surface area (Å²) in [6.07, 6.45) is -0.405. The molecule has 0 aliphatic carbocycles. The van der Waals surface area contributed by atoms with Crippen LogP contribution in [0.1, 0.15) is 37.1 Å². The number of nitrogens with one attached hydrogen (secondary N) is 2. The van der Waals surface area contributed by atoms with Crippen LogP contribution in [-0.2, 0) is 0 Å². The smallest absolute Gasteiger partial charge is 0.0789 e. The second-order valence-corrected chi connectivity index (χ2v) is 5.74. The fourth-order valence-electron chi connectivity index (χ4n) is 2.42. The fraction of sp³-hybridized carbons (Fsp3) is 0.368. The van der Waals surface area contributed by atoms with E-state index >= 15 is 0 Å². The van der Waals surface area contributed by atoms with Crippen LogP contribution in [0.3, 0.4) is 0 Å². The highest BCUT2D eigenvalue weighted by Gasteiger charge is 2.10. The van der Waals surface area contributed by atoms with Crippen molar-refractivity contribution >= 4 is 0 Å². The number of hydrogen-bond acceptors (Lipinski definition) is 3. The molecule has 0 spiro atoms. The molecule has 0 saturated carbocycles. The molecule has 0 heterocycles. The van der Waals surface area contributed by atoms with Crippen molar-refractivity contribution in [1.29, 1.82) is 0 Å². The van der Waals surface area contributed by atoms with Crippen molar-refractivity contribution in [3.63, 3.8) is 0 Å². The molecular formula is C19H26N2O. The molecule has 3 heteroatoms. The van der Waals surface area contributed by atoms with Gasteiger partial charge < -0.3 is 15.7 Å². The van der Waals surface area contributed by atoms with E-state index in [1.807, 2.05) is 36.4 Å². The summed E-state index contributed by atoms with van der Waals surface area (Å²) in [4.78, 5) is 0. The van der Waals surface area contributed by atoms with Crippen molar-refractivity contribution in [2.24, 2.45) is 0 Å². The third kappa shape index (κ3) is 5.26. The minimum absolute atomic E-state index is 0.238. The van der Waals surface area contributed by atoms with Crippen LogP contribution in [-0.4, -0.2) is 24.3 Å². The lowest BCUT2D eigenvalue weighted by Gasteiger charge is -2.20. The summed E-state index contributed by atoms with van der Waals surface area (Å²) in [7, 11) is 0. The zero-order chi connectivity index (χ0) is 15.8. The number of aliphatic hydroxyl groups is 1. The Morgan fingerprint density at radius 3 is 1.45 bits per heavy atom. The lowest BCUT2D eigenvalue weighted by molar-refractivity contribution is 0.161. The summed E-state index contributed by atoms with van der Waals surface area (Å²) in [5.41, 5.74) is 2.47. The Balaban J connectivity index is 1.71. The Morgan fingerprint density at radius 1 is 0.727 bits per heavy atom. The van der Waals surface area contributed by atoms with E-state index in [-0.39, 0.29) is 12.1 Å². The van der Waals surface area contributed by atoms with Gasteiger partial charge in [-0.05, 0) is 25.0 Å². The van der Waals surface area contributed by atoms with Gasteiger partial charge in [0.25, 0.3) is 0 Å². The molecule has 0 amide bonds. The van der Waals surface area contributed by atoms with Gasteiger partial charge in [0.15, 0.2) is 0 Å². The minimum atomic E-state index is -0.405. The van der Waals surface area contributed by atoms with Crippen molar-refractivity contribution < 1.29 is 5.11 Å². The summed E-state index contributed by atoms with van der Waals surface area (Å²) < 4.78 is 0. The van der Waals surface area contributed by atoms with Gasteiger partial charge in [-0.3, -0.25) is 0 Å². The maximum absolute atomic E-state index is 10.1. The van der Waals surface area contributed by atoms with Gasteiger partial charge in [-0.15, -0.1) is 0 Å². The molecule has 2 atom stereocenters. The van der Waals surface area contributed by atoms with Gasteiger partial charge >= 0.3 is 0 Å². The van der Waals surface area contributed by atoms with Crippen LogP contribution >= 0.6 is 0 Å². The third-order valence-corrected chi connectivity index (χ3v) is 3.92. The van der Waals surface area contributed by atoms with Crippen LogP contribution in [0, 0.1) is 0 Å². The molecule has 0 fully saturated rings. The highest BCUT2D eigenvalue weighted by molar-refractivity contribution is 5.18. The molecule has 0 saturated heterocycles. The molecule has 0 aromatic heterocycles. The number of benzene rings is 2. The number of rotatable bonds is 8. The van der Waals surface area contributed by atoms with Gasteiger partial charge in [0, 0.05) is 25.2 Å². The molecule has 3 N–H and O–H groups in total. The van der Waals surface area contributed by atoms with Crippen LogP contribution in [0.15, 0.2) is 60.7 Å². The fourth-order valence-corrected chi connectivity index (χ4v) is 2.42. The highest BCUT2D eigenvalue weighted by Crippen LogP contribution is 2.12. The molecule has 2 rings (SSSR count). The van der Waals surface area contributed by atoms with Gasteiger partial charge in [-0.2, -0.15) is 0 Å². The summed E-state index contributed by atoms with van der Waals surface area (Å²) in [5, 5.41) is 16.9. The summed E-state index contributed by atoms with van der Waals surface area (Å²) in [6, 6.07) is 21.0. The molecule has 2 aromatic rings. The van der Waals surface area contributed by atoms with Gasteiger partial charge in [0.1, 0.15) is 0 Å². The Bertz CT molecular complexity index is 480. The Labute approximate surface area is 133 Å². The Hall–Kier alpha value is -1.68. The standard InChI is InChI=1S/C19H26N2O/c1-15(17-9-5-3-6-10-17)20-13-19(22)14-21-16(2)18-11-7-4-8-12-18/h3-12,15-16,19-22H,13-14H2,1-2H3. The lowest BCUT2D eigenvalue weighted by Crippen LogP contribution is -2.37. The van der Waals surface area contributed by atoms with E-state index < -0.39 is 6.10 Å². The van der Waals surface area contributed by atoms with E-state index in [1.54, 1.807) is 0 Å². The maximum atomic E-state index is 10.1. The van der Waals surface area contributed by atoms with Crippen molar-refractivity contribution in [2.45, 2.75) is 32.0 Å². The van der Waals surface area contributed by atoms with Gasteiger partial charge in [-0.1, -0.05) is 60.7 Å². The van der Waals surface area contributed by atoms with Gasteiger partial charge in [-0.25, -0.2) is 0 Å². The normalized spacial score (nSPS) is 15.2. The largest absolute Gasteiger partial charge is 0.390 e. The summed E-state index contributed by atoms with van der Waals surface area (Å²) >= 11 is 0. The SMILES string of the molecule is CC(NCC(O)CNC(C)c1ccccc1)c1ccccc1. The second-order valence-electron chi connectivity index (χ2n) is 5.74. The van der Waals surface area contributed by atoms with Crippen LogP contribution in [0.5, 0.6) is 0 Å². The van der Waals surface area contributed by atoms with E-state index in [9.17, 15) is 5.11 Å². The lowest BCUT2D eigenvalue weighted by atomic mass is 10.1. The minimum Gasteiger partial charge on any atom is -0.390 e. The highest BCUT2D eigenvalue weighted by atomic mass is 16.3. The molecule has 118 valence electrons. The molecule has 0 radical (unpaired) electrons. The predicted octanol–water partition coefficient (Wildman–Crippen LogP) is 3.05. The van der Waals surface area contributed by atoms with Crippen LogP contribution in [0.4, 0.5) is 0 Å². The average molecular weight is 298 g/mol. The van der Waals surface area contributed by atoms with Crippen LogP contribution in [0.2, 0.25) is 0 Å². The molecule has 22 heavy (non-hydrogen) atoms. The average Bonchev–Trinajstić information content (AvgIpc) is 2.59. The maximum Gasteiger partial charge on any atom is 0.0789 e. The monoisotopic (exact) mass is 298 g/mol. The molecule has 0 aliphatic heterocycles. The first-order chi connectivity index (χ1) is 10.7. The van der Waals surface area contributed by atoms with Crippen LogP contribution in [0.25, 0.3) is 0 Å². The predicted molar refractivity (Wildman–Crippen MR) is 91.7 cm³/mol.